The van der Waals surface area contributed by atoms with Gasteiger partial charge < -0.3 is 54.8 Å². The Hall–Kier alpha value is -7.61. The largest absolute Gasteiger partial charge is 0.445 e. The van der Waals surface area contributed by atoms with Crippen molar-refractivity contribution in [2.24, 2.45) is 5.73 Å². The number of hydrogen-bond acceptors (Lipinski definition) is 14. The topological polar surface area (TPSA) is 201 Å². The number of nitrogens with zero attached hydrogens (tertiary/aromatic N) is 6. The van der Waals surface area contributed by atoms with Gasteiger partial charge in [-0.05, 0) is 191 Å². The van der Waals surface area contributed by atoms with Crippen LogP contribution < -0.4 is 31.1 Å². The minimum atomic E-state index is -0.500. The molecule has 6 aliphatic rings. The molecule has 0 spiro atoms. The molecular weight excluding hydrogens is 1250 g/mol. The summed E-state index contributed by atoms with van der Waals surface area (Å²) in [4.78, 5) is 74.6. The van der Waals surface area contributed by atoms with Crippen LogP contribution in [0.4, 0.5) is 41.0 Å². The maximum atomic E-state index is 12.7. The Balaban J connectivity index is 0.000000184. The molecular formula is C74H101Cl2N9O10. The molecule has 0 saturated carbocycles. The van der Waals surface area contributed by atoms with E-state index in [1.807, 2.05) is 162 Å². The van der Waals surface area contributed by atoms with Crippen molar-refractivity contribution in [2.45, 2.75) is 194 Å². The predicted octanol–water partition coefficient (Wildman–Crippen LogP) is 14.2. The highest BCUT2D eigenvalue weighted by molar-refractivity contribution is 6.33. The summed E-state index contributed by atoms with van der Waals surface area (Å²) in [6.45, 7) is 24.0. The highest BCUT2D eigenvalue weighted by atomic mass is 35.5. The molecule has 5 aromatic carbocycles. The first-order valence-corrected chi connectivity index (χ1v) is 34.1. The number of hydrogen-bond donors (Lipinski definition) is 3. The molecule has 0 aliphatic carbocycles. The Kier molecular flexibility index (Phi) is 25.3. The molecule has 5 aromatic rings. The third-order valence-electron chi connectivity index (χ3n) is 17.5. The maximum Gasteiger partial charge on any atom is 0.410 e. The van der Waals surface area contributed by atoms with Crippen LogP contribution in [0.5, 0.6) is 0 Å². The fourth-order valence-electron chi connectivity index (χ4n) is 13.3. The van der Waals surface area contributed by atoms with Crippen molar-refractivity contribution in [1.82, 2.24) is 25.3 Å². The number of piperazine rings is 3. The number of nitrogens with one attached hydrogen (secondary N) is 2. The highest BCUT2D eigenvalue weighted by Crippen LogP contribution is 2.40. The molecule has 0 radical (unpaired) electrons. The summed E-state index contributed by atoms with van der Waals surface area (Å²) >= 11 is 13.2. The Bertz CT molecular complexity index is 3300. The van der Waals surface area contributed by atoms with Crippen LogP contribution in [-0.4, -0.2) is 157 Å². The van der Waals surface area contributed by atoms with Gasteiger partial charge in [0.15, 0.2) is 0 Å². The molecule has 6 unspecified atom stereocenters. The number of rotatable bonds is 15. The predicted molar refractivity (Wildman–Crippen MR) is 377 cm³/mol. The zero-order chi connectivity index (χ0) is 67.3. The zero-order valence-corrected chi connectivity index (χ0v) is 57.8. The molecule has 11 rings (SSSR count). The third kappa shape index (κ3) is 20.9. The molecule has 5 amide bonds. The number of benzene rings is 5. The minimum absolute atomic E-state index is 0. The van der Waals surface area contributed by atoms with Gasteiger partial charge in [-0.25, -0.2) is 24.0 Å². The van der Waals surface area contributed by atoms with Crippen molar-refractivity contribution in [2.75, 3.05) is 73.6 Å². The standard InChI is InChI=1S/C27H34ClN3O4.C27H35N3O4.C19H28ClN3O2.CH4/c1-27(2,3)35-26(33)31-21-10-11-22(31)17-30(16-21)24-12-9-19(15-23(24)28)13-14-29-25(32)34-18-20-7-5-4-6-8-20;1-27(2,3)34-26(32)30-23-13-14-24(30)18-29(17-23)22-11-9-20(10-12-22)15-16-28-25(31)33-19-21-7-5-4-6-8-21;1-19(2,3)25-18(24)23-14-5-6-15(23)12-22(11-14)17-7-4-13(8-9-21)10-16(17)20;/h4-9,12,15,21-22H,10-11,13-14,16-18H2,1-3H3,(H,29,32);4-12,23-24H,13-19H2,1-3H3,(H,28,31);4,7,10,14-15H,5-6,8-9,11-12,21H2,1-3H3;1H4. The molecule has 0 aromatic heterocycles. The molecule has 21 heteroatoms. The van der Waals surface area contributed by atoms with E-state index in [2.05, 4.69) is 61.7 Å². The molecule has 6 fully saturated rings. The number of nitrogens with two attached hydrogens (primary N) is 1. The first kappa shape index (κ1) is 73.2. The fraction of sp³-hybridized carbons (Fsp3) is 0.527. The quantitative estimate of drug-likeness (QED) is 0.0836. The van der Waals surface area contributed by atoms with Crippen LogP contribution in [0.3, 0.4) is 0 Å². The van der Waals surface area contributed by atoms with Crippen LogP contribution >= 0.6 is 23.2 Å². The lowest BCUT2D eigenvalue weighted by molar-refractivity contribution is 0.0112. The SMILES string of the molecule is C.CC(C)(C)OC(=O)N1C2CCC1CN(c1ccc(CCN)cc1Cl)C2.CC(C)(C)OC(=O)N1C2CCC1CN(c1ccc(CCNC(=O)OCc3ccccc3)cc1)C2.CC(C)(C)OC(=O)N1C2CCC1CN(c1ccc(CCNC(=O)OCc3ccccc3)cc1Cl)C2. The Morgan fingerprint density at radius 1 is 0.432 bits per heavy atom. The second kappa shape index (κ2) is 32.9. The van der Waals surface area contributed by atoms with E-state index in [4.69, 9.17) is 52.6 Å². The van der Waals surface area contributed by atoms with Gasteiger partial charge in [0, 0.05) is 58.0 Å². The average molecular weight is 1350 g/mol. The Labute approximate surface area is 573 Å². The number of carbonyl (C=O) groups excluding carboxylic acids is 5. The summed E-state index contributed by atoms with van der Waals surface area (Å²) in [5.74, 6) is 0. The summed E-state index contributed by atoms with van der Waals surface area (Å²) in [7, 11) is 0. The first-order valence-electron chi connectivity index (χ1n) is 33.3. The summed E-state index contributed by atoms with van der Waals surface area (Å²) in [5.41, 5.74) is 12.6. The molecule has 6 atom stereocenters. The lowest BCUT2D eigenvalue weighted by Crippen LogP contribution is -2.56. The van der Waals surface area contributed by atoms with Crippen LogP contribution in [0, 0.1) is 0 Å². The normalized spacial score (nSPS) is 20.3. The van der Waals surface area contributed by atoms with Gasteiger partial charge in [0.2, 0.25) is 0 Å². The third-order valence-corrected chi connectivity index (χ3v) is 18.1. The summed E-state index contributed by atoms with van der Waals surface area (Å²) in [5, 5.41) is 7.04. The number of amides is 5. The summed E-state index contributed by atoms with van der Waals surface area (Å²) in [6, 6.07) is 40.9. The van der Waals surface area contributed by atoms with E-state index in [-0.39, 0.29) is 75.2 Å². The van der Waals surface area contributed by atoms with Gasteiger partial charge in [-0.1, -0.05) is 116 Å². The number of fused-ring (bicyclic) bond motifs is 6. The maximum absolute atomic E-state index is 12.7. The van der Waals surface area contributed by atoms with E-state index in [0.29, 0.717) is 31.1 Å². The summed E-state index contributed by atoms with van der Waals surface area (Å²) < 4.78 is 27.4. The van der Waals surface area contributed by atoms with Gasteiger partial charge in [-0.3, -0.25) is 14.7 Å². The number of halogens is 2. The second-order valence-electron chi connectivity index (χ2n) is 28.3. The van der Waals surface area contributed by atoms with Gasteiger partial charge in [0.25, 0.3) is 0 Å². The highest BCUT2D eigenvalue weighted by Gasteiger charge is 2.47. The van der Waals surface area contributed by atoms with Crippen molar-refractivity contribution >= 4 is 70.7 Å². The Morgan fingerprint density at radius 3 is 1.07 bits per heavy atom. The van der Waals surface area contributed by atoms with Gasteiger partial charge in [-0.2, -0.15) is 0 Å². The van der Waals surface area contributed by atoms with E-state index >= 15 is 0 Å². The number of alkyl carbamates (subject to hydrolysis) is 2. The number of ether oxygens (including phenoxy) is 5. The first-order chi connectivity index (χ1) is 44.8. The number of carbonyl (C=O) groups is 5. The second-order valence-corrected chi connectivity index (χ2v) is 29.1. The molecule has 6 bridgehead atoms. The van der Waals surface area contributed by atoms with Gasteiger partial charge in [0.05, 0.1) is 57.7 Å². The smallest absolute Gasteiger partial charge is 0.410 e. The van der Waals surface area contributed by atoms with E-state index < -0.39 is 29.0 Å². The lowest BCUT2D eigenvalue weighted by atomic mass is 10.1. The van der Waals surface area contributed by atoms with Crippen LogP contribution in [0.15, 0.2) is 121 Å². The fourth-order valence-corrected chi connectivity index (χ4v) is 13.9. The van der Waals surface area contributed by atoms with Crippen LogP contribution in [0.25, 0.3) is 0 Å². The van der Waals surface area contributed by atoms with E-state index in [1.54, 1.807) is 0 Å². The molecule has 6 aliphatic heterocycles. The monoisotopic (exact) mass is 1350 g/mol. The van der Waals surface area contributed by atoms with Crippen molar-refractivity contribution in [1.29, 1.82) is 0 Å². The zero-order valence-electron chi connectivity index (χ0n) is 56.3. The van der Waals surface area contributed by atoms with Gasteiger partial charge in [0.1, 0.15) is 30.0 Å². The Morgan fingerprint density at radius 2 is 0.747 bits per heavy atom. The van der Waals surface area contributed by atoms with Crippen LogP contribution in [0.2, 0.25) is 10.0 Å². The molecule has 95 heavy (non-hydrogen) atoms. The summed E-state index contributed by atoms with van der Waals surface area (Å²) in [6.07, 6.45) is 6.79. The van der Waals surface area contributed by atoms with Gasteiger partial charge >= 0.3 is 30.5 Å². The molecule has 4 N–H and O–H groups in total. The van der Waals surface area contributed by atoms with E-state index in [9.17, 15) is 24.0 Å². The lowest BCUT2D eigenvalue weighted by Gasteiger charge is -2.42. The molecule has 19 nitrogen and oxygen atoms in total. The molecule has 6 saturated heterocycles. The van der Waals surface area contributed by atoms with Crippen molar-refractivity contribution in [3.8, 4) is 0 Å². The minimum Gasteiger partial charge on any atom is -0.445 e. The molecule has 516 valence electrons. The van der Waals surface area contributed by atoms with Crippen molar-refractivity contribution in [3.63, 3.8) is 0 Å². The van der Waals surface area contributed by atoms with Crippen LogP contribution in [-0.2, 0) is 56.2 Å². The van der Waals surface area contributed by atoms with Crippen LogP contribution in [0.1, 0.15) is 136 Å². The molecule has 6 heterocycles. The van der Waals surface area contributed by atoms with Gasteiger partial charge in [-0.15, -0.1) is 0 Å². The average Bonchev–Trinajstić information content (AvgIpc) is 1.70. The van der Waals surface area contributed by atoms with E-state index in [0.717, 1.165) is 135 Å². The van der Waals surface area contributed by atoms with E-state index in [1.165, 1.54) is 5.69 Å². The van der Waals surface area contributed by atoms with Crippen molar-refractivity contribution in [3.05, 3.63) is 159 Å². The number of anilines is 3. The van der Waals surface area contributed by atoms with Crippen molar-refractivity contribution < 1.29 is 47.7 Å².